The van der Waals surface area contributed by atoms with Crippen LogP contribution in [0, 0.1) is 6.92 Å². The molecule has 0 radical (unpaired) electrons. The predicted octanol–water partition coefficient (Wildman–Crippen LogP) is 3.07. The summed E-state index contributed by atoms with van der Waals surface area (Å²) in [6, 6.07) is 6.14. The van der Waals surface area contributed by atoms with E-state index in [1.54, 1.807) is 0 Å². The van der Waals surface area contributed by atoms with E-state index in [1.807, 2.05) is 43.0 Å². The minimum atomic E-state index is 0.0447. The molecule has 19 heavy (non-hydrogen) atoms. The van der Waals surface area contributed by atoms with Crippen LogP contribution in [-0.2, 0) is 6.54 Å². The lowest BCUT2D eigenvalue weighted by Crippen LogP contribution is -2.23. The Labute approximate surface area is 122 Å². The van der Waals surface area contributed by atoms with E-state index >= 15 is 0 Å². The summed E-state index contributed by atoms with van der Waals surface area (Å²) in [4.78, 5) is 4.62. The van der Waals surface area contributed by atoms with Crippen molar-refractivity contribution in [3.8, 4) is 0 Å². The van der Waals surface area contributed by atoms with Gasteiger partial charge in [0.2, 0.25) is 0 Å². The third-order valence-corrected chi connectivity index (χ3v) is 3.65. The van der Waals surface area contributed by atoms with Crippen LogP contribution in [0.3, 0.4) is 0 Å². The summed E-state index contributed by atoms with van der Waals surface area (Å²) in [5.41, 5.74) is 3.17. The maximum atomic E-state index is 4.62. The average Bonchev–Trinajstić information content (AvgIpc) is 2.74. The Morgan fingerprint density at radius 3 is 2.84 bits per heavy atom. The summed E-state index contributed by atoms with van der Waals surface area (Å²) in [6.07, 6.45) is 2.91. The highest BCUT2D eigenvalue weighted by Gasteiger charge is 2.21. The van der Waals surface area contributed by atoms with E-state index in [2.05, 4.69) is 38.3 Å². The SMILES string of the molecule is CCCn1ncc(Br)c1C(NC)c1cccc(C)n1. The molecule has 1 N–H and O–H groups in total. The van der Waals surface area contributed by atoms with Crippen LogP contribution < -0.4 is 5.32 Å². The quantitative estimate of drug-likeness (QED) is 0.919. The van der Waals surface area contributed by atoms with E-state index in [4.69, 9.17) is 0 Å². The van der Waals surface area contributed by atoms with Gasteiger partial charge in [0.05, 0.1) is 28.1 Å². The zero-order valence-electron chi connectivity index (χ0n) is 11.5. The van der Waals surface area contributed by atoms with Crippen molar-refractivity contribution >= 4 is 15.9 Å². The predicted molar refractivity (Wildman–Crippen MR) is 80.1 cm³/mol. The molecular formula is C14H19BrN4. The summed E-state index contributed by atoms with van der Waals surface area (Å²) >= 11 is 3.59. The Hall–Kier alpha value is -1.20. The monoisotopic (exact) mass is 322 g/mol. The van der Waals surface area contributed by atoms with Crippen molar-refractivity contribution in [1.29, 1.82) is 0 Å². The highest BCUT2D eigenvalue weighted by atomic mass is 79.9. The van der Waals surface area contributed by atoms with Gasteiger partial charge in [0.25, 0.3) is 0 Å². The van der Waals surface area contributed by atoms with Gasteiger partial charge in [-0.2, -0.15) is 5.10 Å². The molecule has 0 spiro atoms. The number of halogens is 1. The van der Waals surface area contributed by atoms with Gasteiger partial charge in [-0.05, 0) is 48.5 Å². The third-order valence-electron chi connectivity index (χ3n) is 3.04. The zero-order valence-corrected chi connectivity index (χ0v) is 13.1. The Balaban J connectivity index is 2.44. The number of hydrogen-bond donors (Lipinski definition) is 1. The van der Waals surface area contributed by atoms with Crippen LogP contribution in [0.2, 0.25) is 0 Å². The number of nitrogens with zero attached hydrogens (tertiary/aromatic N) is 3. The lowest BCUT2D eigenvalue weighted by molar-refractivity contribution is 0.528. The molecule has 0 aliphatic heterocycles. The fraction of sp³-hybridized carbons (Fsp3) is 0.429. The minimum Gasteiger partial charge on any atom is -0.307 e. The van der Waals surface area contributed by atoms with Gasteiger partial charge in [0.15, 0.2) is 0 Å². The van der Waals surface area contributed by atoms with Crippen LogP contribution in [0.5, 0.6) is 0 Å². The number of aryl methyl sites for hydroxylation is 2. The van der Waals surface area contributed by atoms with Crippen LogP contribution in [0.1, 0.15) is 36.5 Å². The standard InChI is InChI=1S/C14H19BrN4/c1-4-8-19-14(11(15)9-17-19)13(16-3)12-7-5-6-10(2)18-12/h5-7,9,13,16H,4,8H2,1-3H3. The minimum absolute atomic E-state index is 0.0447. The van der Waals surface area contributed by atoms with E-state index in [1.165, 1.54) is 0 Å². The second-order valence-electron chi connectivity index (χ2n) is 4.53. The number of aromatic nitrogens is 3. The van der Waals surface area contributed by atoms with E-state index < -0.39 is 0 Å². The van der Waals surface area contributed by atoms with E-state index in [0.717, 1.165) is 34.5 Å². The van der Waals surface area contributed by atoms with Gasteiger partial charge in [-0.25, -0.2) is 0 Å². The molecule has 1 unspecified atom stereocenters. The Morgan fingerprint density at radius 1 is 1.42 bits per heavy atom. The fourth-order valence-electron chi connectivity index (χ4n) is 2.20. The molecule has 0 amide bonds. The van der Waals surface area contributed by atoms with Gasteiger partial charge < -0.3 is 5.32 Å². The van der Waals surface area contributed by atoms with Crippen LogP contribution in [0.15, 0.2) is 28.9 Å². The lowest BCUT2D eigenvalue weighted by Gasteiger charge is -2.18. The first-order valence-electron chi connectivity index (χ1n) is 6.49. The molecule has 102 valence electrons. The summed E-state index contributed by atoms with van der Waals surface area (Å²) < 4.78 is 3.05. The van der Waals surface area contributed by atoms with Crippen LogP contribution in [0.25, 0.3) is 0 Å². The summed E-state index contributed by atoms with van der Waals surface area (Å²) in [7, 11) is 1.95. The van der Waals surface area contributed by atoms with E-state index in [9.17, 15) is 0 Å². The molecule has 0 saturated heterocycles. The van der Waals surface area contributed by atoms with Gasteiger partial charge in [-0.3, -0.25) is 9.67 Å². The topological polar surface area (TPSA) is 42.7 Å². The first kappa shape index (κ1) is 14.2. The van der Waals surface area contributed by atoms with Crippen LogP contribution in [0.4, 0.5) is 0 Å². The van der Waals surface area contributed by atoms with Crippen LogP contribution >= 0.6 is 15.9 Å². The molecule has 0 aliphatic rings. The molecule has 0 saturated carbocycles. The molecular weight excluding hydrogens is 304 g/mol. The third kappa shape index (κ3) is 3.04. The first-order valence-corrected chi connectivity index (χ1v) is 7.28. The van der Waals surface area contributed by atoms with Gasteiger partial charge in [-0.15, -0.1) is 0 Å². The highest BCUT2D eigenvalue weighted by Crippen LogP contribution is 2.27. The normalized spacial score (nSPS) is 12.6. The number of hydrogen-bond acceptors (Lipinski definition) is 3. The fourth-order valence-corrected chi connectivity index (χ4v) is 2.72. The van der Waals surface area contributed by atoms with Crippen molar-refractivity contribution in [3.63, 3.8) is 0 Å². The van der Waals surface area contributed by atoms with Crippen molar-refractivity contribution in [2.24, 2.45) is 0 Å². The average molecular weight is 323 g/mol. The highest BCUT2D eigenvalue weighted by molar-refractivity contribution is 9.10. The van der Waals surface area contributed by atoms with Crippen molar-refractivity contribution in [2.45, 2.75) is 32.9 Å². The van der Waals surface area contributed by atoms with E-state index in [-0.39, 0.29) is 6.04 Å². The van der Waals surface area contributed by atoms with Crippen molar-refractivity contribution in [2.75, 3.05) is 7.05 Å². The molecule has 1 atom stereocenters. The molecule has 0 aromatic carbocycles. The van der Waals surface area contributed by atoms with Gasteiger partial charge in [0, 0.05) is 12.2 Å². The molecule has 2 heterocycles. The largest absolute Gasteiger partial charge is 0.307 e. The van der Waals surface area contributed by atoms with Crippen LogP contribution in [-0.4, -0.2) is 21.8 Å². The van der Waals surface area contributed by atoms with Crippen molar-refractivity contribution < 1.29 is 0 Å². The molecule has 0 aliphatic carbocycles. The van der Waals surface area contributed by atoms with Crippen molar-refractivity contribution in [3.05, 3.63) is 46.0 Å². The van der Waals surface area contributed by atoms with Gasteiger partial charge in [0.1, 0.15) is 0 Å². The molecule has 5 heteroatoms. The Kier molecular flexibility index (Phi) is 4.71. The Morgan fingerprint density at radius 2 is 2.21 bits per heavy atom. The number of nitrogens with one attached hydrogen (secondary N) is 1. The smallest absolute Gasteiger partial charge is 0.0931 e. The van der Waals surface area contributed by atoms with Gasteiger partial charge >= 0.3 is 0 Å². The van der Waals surface area contributed by atoms with Crippen molar-refractivity contribution in [1.82, 2.24) is 20.1 Å². The Bertz CT molecular complexity index is 550. The molecule has 2 aromatic heterocycles. The molecule has 2 rings (SSSR count). The zero-order chi connectivity index (χ0) is 13.8. The molecule has 0 bridgehead atoms. The molecule has 2 aromatic rings. The summed E-state index contributed by atoms with van der Waals surface area (Å²) in [5, 5.41) is 7.76. The maximum Gasteiger partial charge on any atom is 0.0931 e. The maximum absolute atomic E-state index is 4.62. The lowest BCUT2D eigenvalue weighted by atomic mass is 10.1. The summed E-state index contributed by atoms with van der Waals surface area (Å²) in [5.74, 6) is 0. The summed E-state index contributed by atoms with van der Waals surface area (Å²) in [6.45, 7) is 5.07. The van der Waals surface area contributed by atoms with E-state index in [0.29, 0.717) is 0 Å². The van der Waals surface area contributed by atoms with Gasteiger partial charge in [-0.1, -0.05) is 13.0 Å². The molecule has 0 fully saturated rings. The molecule has 4 nitrogen and oxygen atoms in total. The first-order chi connectivity index (χ1) is 9.17. The second kappa shape index (κ2) is 6.30. The second-order valence-corrected chi connectivity index (χ2v) is 5.38. The number of rotatable bonds is 5. The number of pyridine rings is 1.